The Morgan fingerprint density at radius 1 is 0.857 bits per heavy atom. The molecule has 0 atom stereocenters. The lowest BCUT2D eigenvalue weighted by molar-refractivity contribution is 0.0695. The van der Waals surface area contributed by atoms with Crippen LogP contribution >= 0.6 is 0 Å². The molecular formula is C25H35NO2. The normalized spacial score (nSPS) is 10.9. The number of carboxylic acids is 1. The van der Waals surface area contributed by atoms with Crippen LogP contribution in [0.5, 0.6) is 0 Å². The Labute approximate surface area is 170 Å². The molecule has 3 nitrogen and oxygen atoms in total. The van der Waals surface area contributed by atoms with E-state index in [9.17, 15) is 9.90 Å². The lowest BCUT2D eigenvalue weighted by Gasteiger charge is -2.10. The van der Waals surface area contributed by atoms with Gasteiger partial charge in [0, 0.05) is 11.8 Å². The van der Waals surface area contributed by atoms with E-state index in [1.807, 2.05) is 18.3 Å². The maximum Gasteiger partial charge on any atom is 0.335 e. The van der Waals surface area contributed by atoms with Crippen molar-refractivity contribution in [3.05, 3.63) is 53.2 Å². The highest BCUT2D eigenvalue weighted by molar-refractivity contribution is 5.90. The second-order valence-electron chi connectivity index (χ2n) is 7.70. The van der Waals surface area contributed by atoms with Crippen molar-refractivity contribution in [1.82, 2.24) is 4.98 Å². The Kier molecular flexibility index (Phi) is 9.74. The maximum atomic E-state index is 11.6. The van der Waals surface area contributed by atoms with E-state index < -0.39 is 5.97 Å². The van der Waals surface area contributed by atoms with Crippen LogP contribution < -0.4 is 0 Å². The zero-order valence-corrected chi connectivity index (χ0v) is 17.5. The first-order valence-electron chi connectivity index (χ1n) is 11.0. The number of aromatic carboxylic acids is 1. The third kappa shape index (κ3) is 7.10. The molecule has 0 radical (unpaired) electrons. The van der Waals surface area contributed by atoms with E-state index in [1.54, 1.807) is 6.07 Å². The second-order valence-corrected chi connectivity index (χ2v) is 7.70. The molecule has 0 saturated carbocycles. The molecule has 28 heavy (non-hydrogen) atoms. The zero-order chi connectivity index (χ0) is 20.2. The van der Waals surface area contributed by atoms with Gasteiger partial charge in [0.1, 0.15) is 0 Å². The van der Waals surface area contributed by atoms with Crippen LogP contribution in [-0.4, -0.2) is 16.1 Å². The number of carboxylic acid groups (broad SMARTS) is 1. The van der Waals surface area contributed by atoms with Gasteiger partial charge in [-0.15, -0.1) is 0 Å². The third-order valence-electron chi connectivity index (χ3n) is 5.32. The van der Waals surface area contributed by atoms with Crippen molar-refractivity contribution >= 4 is 5.97 Å². The summed E-state index contributed by atoms with van der Waals surface area (Å²) in [5, 5.41) is 9.52. The number of hydrogen-bond acceptors (Lipinski definition) is 2. The van der Waals surface area contributed by atoms with Crippen molar-refractivity contribution < 1.29 is 9.90 Å². The molecular weight excluding hydrogens is 346 g/mol. The van der Waals surface area contributed by atoms with Crippen LogP contribution in [0.2, 0.25) is 0 Å². The van der Waals surface area contributed by atoms with E-state index in [4.69, 9.17) is 0 Å². The van der Waals surface area contributed by atoms with Crippen LogP contribution in [0.3, 0.4) is 0 Å². The lowest BCUT2D eigenvalue weighted by Crippen LogP contribution is -2.03. The number of rotatable bonds is 13. The van der Waals surface area contributed by atoms with Crippen molar-refractivity contribution in [2.45, 2.75) is 84.5 Å². The average molecular weight is 382 g/mol. The van der Waals surface area contributed by atoms with Gasteiger partial charge < -0.3 is 5.11 Å². The molecule has 0 unspecified atom stereocenters. The topological polar surface area (TPSA) is 50.2 Å². The Hall–Kier alpha value is -2.16. The summed E-state index contributed by atoms with van der Waals surface area (Å²) in [5.74, 6) is -0.841. The smallest absolute Gasteiger partial charge is 0.335 e. The van der Waals surface area contributed by atoms with Gasteiger partial charge in [-0.1, -0.05) is 70.9 Å². The predicted molar refractivity (Wildman–Crippen MR) is 117 cm³/mol. The monoisotopic (exact) mass is 381 g/mol. The number of benzene rings is 1. The number of nitrogens with zero attached hydrogens (tertiary/aromatic N) is 1. The Morgan fingerprint density at radius 2 is 1.54 bits per heavy atom. The largest absolute Gasteiger partial charge is 0.478 e. The summed E-state index contributed by atoms with van der Waals surface area (Å²) >= 11 is 0. The molecule has 0 aliphatic rings. The number of pyridine rings is 1. The minimum absolute atomic E-state index is 0.425. The highest BCUT2D eigenvalue weighted by Crippen LogP contribution is 2.23. The fraction of sp³-hybridized carbons (Fsp3) is 0.520. The molecule has 0 amide bonds. The van der Waals surface area contributed by atoms with Crippen LogP contribution in [0.1, 0.15) is 93.1 Å². The molecule has 2 rings (SSSR count). The molecule has 152 valence electrons. The molecule has 0 fully saturated rings. The van der Waals surface area contributed by atoms with Crippen molar-refractivity contribution in [1.29, 1.82) is 0 Å². The highest BCUT2D eigenvalue weighted by atomic mass is 16.4. The van der Waals surface area contributed by atoms with E-state index in [0.29, 0.717) is 5.56 Å². The van der Waals surface area contributed by atoms with Crippen LogP contribution in [-0.2, 0) is 12.8 Å². The molecule has 1 aromatic heterocycles. The van der Waals surface area contributed by atoms with Crippen LogP contribution in [0.25, 0.3) is 11.3 Å². The van der Waals surface area contributed by atoms with Crippen LogP contribution in [0, 0.1) is 0 Å². The summed E-state index contributed by atoms with van der Waals surface area (Å²) < 4.78 is 0. The molecule has 0 bridgehead atoms. The first-order valence-corrected chi connectivity index (χ1v) is 11.0. The van der Waals surface area contributed by atoms with Crippen molar-refractivity contribution in [3.8, 4) is 11.3 Å². The van der Waals surface area contributed by atoms with Crippen LogP contribution in [0.4, 0.5) is 0 Å². The summed E-state index contributed by atoms with van der Waals surface area (Å²) in [7, 11) is 0. The molecule has 1 heterocycles. The van der Waals surface area contributed by atoms with E-state index in [2.05, 4.69) is 31.0 Å². The molecule has 1 aromatic carbocycles. The summed E-state index contributed by atoms with van der Waals surface area (Å²) in [5.41, 5.74) is 4.54. The standard InChI is InChI=1S/C25H35NO2/c1-3-5-7-8-9-11-13-21-18-22(15-16-23(21)25(27)28)24-17-14-20(19-26-24)12-10-6-4-2/h14-19H,3-13H2,1-2H3,(H,27,28). The van der Waals surface area contributed by atoms with Gasteiger partial charge in [-0.25, -0.2) is 4.79 Å². The fourth-order valence-corrected chi connectivity index (χ4v) is 3.59. The minimum atomic E-state index is -0.841. The quantitative estimate of drug-likeness (QED) is 0.377. The molecule has 0 saturated heterocycles. The van der Waals surface area contributed by atoms with Gasteiger partial charge in [0.25, 0.3) is 0 Å². The van der Waals surface area contributed by atoms with E-state index >= 15 is 0 Å². The van der Waals surface area contributed by atoms with Gasteiger partial charge >= 0.3 is 5.97 Å². The first-order chi connectivity index (χ1) is 13.7. The Morgan fingerprint density at radius 3 is 2.21 bits per heavy atom. The van der Waals surface area contributed by atoms with Crippen molar-refractivity contribution in [3.63, 3.8) is 0 Å². The SMILES string of the molecule is CCCCCCCCc1cc(-c2ccc(CCCCC)cn2)ccc1C(=O)O. The summed E-state index contributed by atoms with van der Waals surface area (Å²) in [4.78, 5) is 16.2. The third-order valence-corrected chi connectivity index (χ3v) is 5.32. The first kappa shape index (κ1) is 22.1. The minimum Gasteiger partial charge on any atom is -0.478 e. The Balaban J connectivity index is 2.05. The number of aromatic nitrogens is 1. The van der Waals surface area contributed by atoms with E-state index in [0.717, 1.165) is 42.5 Å². The van der Waals surface area contributed by atoms with E-state index in [-0.39, 0.29) is 0 Å². The van der Waals surface area contributed by atoms with Crippen molar-refractivity contribution in [2.75, 3.05) is 0 Å². The van der Waals surface area contributed by atoms with Crippen LogP contribution in [0.15, 0.2) is 36.5 Å². The van der Waals surface area contributed by atoms with Gasteiger partial charge in [-0.05, 0) is 55.0 Å². The van der Waals surface area contributed by atoms with Crippen molar-refractivity contribution in [2.24, 2.45) is 0 Å². The van der Waals surface area contributed by atoms with Gasteiger partial charge in [-0.2, -0.15) is 0 Å². The zero-order valence-electron chi connectivity index (χ0n) is 17.5. The molecule has 3 heteroatoms. The van der Waals surface area contributed by atoms with E-state index in [1.165, 1.54) is 50.5 Å². The number of carbonyl (C=O) groups is 1. The number of hydrogen-bond donors (Lipinski definition) is 1. The number of aryl methyl sites for hydroxylation is 2. The molecule has 0 aliphatic carbocycles. The molecule has 0 spiro atoms. The second kappa shape index (κ2) is 12.3. The fourth-order valence-electron chi connectivity index (χ4n) is 3.59. The summed E-state index contributed by atoms with van der Waals surface area (Å²) in [6.45, 7) is 4.43. The number of unbranched alkanes of at least 4 members (excludes halogenated alkanes) is 7. The lowest BCUT2D eigenvalue weighted by atomic mass is 9.96. The molecule has 1 N–H and O–H groups in total. The molecule has 2 aromatic rings. The van der Waals surface area contributed by atoms with Gasteiger partial charge in [0.05, 0.1) is 11.3 Å². The summed E-state index contributed by atoms with van der Waals surface area (Å²) in [6.07, 6.45) is 14.8. The summed E-state index contributed by atoms with van der Waals surface area (Å²) in [6, 6.07) is 9.85. The molecule has 0 aliphatic heterocycles. The predicted octanol–water partition coefficient (Wildman–Crippen LogP) is 7.08. The maximum absolute atomic E-state index is 11.6. The average Bonchev–Trinajstić information content (AvgIpc) is 2.71. The van der Waals surface area contributed by atoms with Gasteiger partial charge in [0.2, 0.25) is 0 Å². The van der Waals surface area contributed by atoms with Gasteiger partial charge in [-0.3, -0.25) is 4.98 Å². The highest BCUT2D eigenvalue weighted by Gasteiger charge is 2.12. The Bertz CT molecular complexity index is 722. The van der Waals surface area contributed by atoms with Gasteiger partial charge in [0.15, 0.2) is 0 Å².